The molecule has 1 aliphatic rings. The summed E-state index contributed by atoms with van der Waals surface area (Å²) < 4.78 is 13.4. The van der Waals surface area contributed by atoms with Crippen molar-refractivity contribution in [3.05, 3.63) is 83.0 Å². The van der Waals surface area contributed by atoms with Crippen LogP contribution in [-0.4, -0.2) is 41.9 Å². The molecular weight excluding hydrogens is 359 g/mol. The van der Waals surface area contributed by atoms with E-state index in [4.69, 9.17) is 0 Å². The quantitative estimate of drug-likeness (QED) is 0.665. The van der Waals surface area contributed by atoms with E-state index in [0.29, 0.717) is 0 Å². The molecule has 0 aliphatic carbocycles. The van der Waals surface area contributed by atoms with Crippen LogP contribution in [0.2, 0.25) is 0 Å². The number of piperazine rings is 1. The Bertz CT molecular complexity index is 917. The van der Waals surface area contributed by atoms with Crippen molar-refractivity contribution in [3.63, 3.8) is 0 Å². The number of carbonyl (C=O) groups excluding carboxylic acids is 1. The summed E-state index contributed by atoms with van der Waals surface area (Å²) in [4.78, 5) is 19.2. The van der Waals surface area contributed by atoms with Crippen molar-refractivity contribution in [3.8, 4) is 10.4 Å². The number of amides is 1. The Balaban J connectivity index is 1.34. The second-order valence-electron chi connectivity index (χ2n) is 6.71. The Morgan fingerprint density at radius 1 is 0.926 bits per heavy atom. The van der Waals surface area contributed by atoms with Crippen LogP contribution < -0.4 is 0 Å². The summed E-state index contributed by atoms with van der Waals surface area (Å²) in [5.74, 6) is -0.0959. The van der Waals surface area contributed by atoms with Crippen molar-refractivity contribution >= 4 is 17.2 Å². The normalized spacial score (nSPS) is 15.1. The molecule has 0 unspecified atom stereocenters. The zero-order chi connectivity index (χ0) is 18.6. The van der Waals surface area contributed by atoms with Crippen LogP contribution >= 0.6 is 11.3 Å². The maximum atomic E-state index is 13.4. The predicted octanol–water partition coefficient (Wildman–Crippen LogP) is 4.51. The van der Waals surface area contributed by atoms with Crippen LogP contribution in [0.25, 0.3) is 10.4 Å². The van der Waals surface area contributed by atoms with E-state index in [-0.39, 0.29) is 11.7 Å². The highest BCUT2D eigenvalue weighted by Crippen LogP contribution is 2.29. The van der Waals surface area contributed by atoms with Crippen molar-refractivity contribution < 1.29 is 9.18 Å². The van der Waals surface area contributed by atoms with Gasteiger partial charge in [0.15, 0.2) is 0 Å². The number of hydrogen-bond acceptors (Lipinski definition) is 3. The lowest BCUT2D eigenvalue weighted by Crippen LogP contribution is -2.48. The molecule has 2 aromatic carbocycles. The molecule has 2 heterocycles. The van der Waals surface area contributed by atoms with Crippen molar-refractivity contribution in [1.29, 1.82) is 0 Å². The maximum Gasteiger partial charge on any atom is 0.253 e. The third-order valence-corrected chi connectivity index (χ3v) is 5.95. The van der Waals surface area contributed by atoms with Gasteiger partial charge in [-0.2, -0.15) is 0 Å². The summed E-state index contributed by atoms with van der Waals surface area (Å²) >= 11 is 1.70. The third kappa shape index (κ3) is 4.26. The van der Waals surface area contributed by atoms with Gasteiger partial charge in [-0.05, 0) is 42.0 Å². The van der Waals surface area contributed by atoms with Crippen LogP contribution in [0.3, 0.4) is 0 Å². The van der Waals surface area contributed by atoms with E-state index in [1.807, 2.05) is 41.3 Å². The first-order valence-corrected chi connectivity index (χ1v) is 9.92. The van der Waals surface area contributed by atoms with E-state index < -0.39 is 0 Å². The largest absolute Gasteiger partial charge is 0.336 e. The number of carbonyl (C=O) groups is 1. The van der Waals surface area contributed by atoms with Gasteiger partial charge in [0.05, 0.1) is 0 Å². The molecule has 1 fully saturated rings. The Morgan fingerprint density at radius 3 is 2.44 bits per heavy atom. The number of benzene rings is 2. The standard InChI is InChI=1S/C22H21FN2OS/c23-19-8-4-7-18(15-19)21-10-9-20(27-21)16-24-11-13-25(14-12-24)22(26)17-5-2-1-3-6-17/h1-10,15H,11-14,16H2. The molecule has 138 valence electrons. The van der Waals surface area contributed by atoms with Crippen molar-refractivity contribution in [2.75, 3.05) is 26.2 Å². The Kier molecular flexibility index (Phi) is 5.32. The minimum atomic E-state index is -0.207. The fraction of sp³-hybridized carbons (Fsp3) is 0.227. The van der Waals surface area contributed by atoms with E-state index >= 15 is 0 Å². The number of hydrogen-bond donors (Lipinski definition) is 0. The van der Waals surface area contributed by atoms with Gasteiger partial charge >= 0.3 is 0 Å². The van der Waals surface area contributed by atoms with Gasteiger partial charge in [0.1, 0.15) is 5.82 Å². The smallest absolute Gasteiger partial charge is 0.253 e. The predicted molar refractivity (Wildman–Crippen MR) is 107 cm³/mol. The molecule has 3 nitrogen and oxygen atoms in total. The SMILES string of the molecule is O=C(c1ccccc1)N1CCN(Cc2ccc(-c3cccc(F)c3)s2)CC1. The van der Waals surface area contributed by atoms with Crippen LogP contribution in [0, 0.1) is 5.82 Å². The van der Waals surface area contributed by atoms with Crippen LogP contribution in [0.4, 0.5) is 4.39 Å². The molecule has 0 N–H and O–H groups in total. The molecule has 1 amide bonds. The lowest BCUT2D eigenvalue weighted by molar-refractivity contribution is 0.0629. The number of nitrogens with zero attached hydrogens (tertiary/aromatic N) is 2. The summed E-state index contributed by atoms with van der Waals surface area (Å²) in [6.07, 6.45) is 0. The first-order chi connectivity index (χ1) is 13.2. The van der Waals surface area contributed by atoms with Gasteiger partial charge in [-0.25, -0.2) is 4.39 Å². The molecule has 1 saturated heterocycles. The van der Waals surface area contributed by atoms with Crippen LogP contribution in [0.5, 0.6) is 0 Å². The van der Waals surface area contributed by atoms with Gasteiger partial charge in [-0.15, -0.1) is 11.3 Å². The minimum absolute atomic E-state index is 0.111. The third-order valence-electron chi connectivity index (χ3n) is 4.83. The fourth-order valence-corrected chi connectivity index (χ4v) is 4.40. The molecule has 4 rings (SSSR count). The van der Waals surface area contributed by atoms with Crippen molar-refractivity contribution in [2.24, 2.45) is 0 Å². The van der Waals surface area contributed by atoms with Crippen LogP contribution in [-0.2, 0) is 6.54 Å². The topological polar surface area (TPSA) is 23.6 Å². The zero-order valence-electron chi connectivity index (χ0n) is 15.0. The Labute approximate surface area is 162 Å². The summed E-state index contributed by atoms with van der Waals surface area (Å²) in [5.41, 5.74) is 1.67. The van der Waals surface area contributed by atoms with Crippen molar-refractivity contribution in [2.45, 2.75) is 6.54 Å². The molecule has 0 atom stereocenters. The Morgan fingerprint density at radius 2 is 1.70 bits per heavy atom. The lowest BCUT2D eigenvalue weighted by atomic mass is 10.2. The van der Waals surface area contributed by atoms with Gasteiger partial charge in [0.25, 0.3) is 5.91 Å². The summed E-state index contributed by atoms with van der Waals surface area (Å²) in [6.45, 7) is 4.09. The van der Waals surface area contributed by atoms with Gasteiger partial charge in [0.2, 0.25) is 0 Å². The van der Waals surface area contributed by atoms with Gasteiger partial charge in [-0.1, -0.05) is 30.3 Å². The molecule has 0 bridgehead atoms. The molecule has 0 saturated carbocycles. The molecule has 5 heteroatoms. The molecule has 3 aromatic rings. The van der Waals surface area contributed by atoms with Gasteiger partial charge in [-0.3, -0.25) is 9.69 Å². The fourth-order valence-electron chi connectivity index (χ4n) is 3.35. The monoisotopic (exact) mass is 380 g/mol. The van der Waals surface area contributed by atoms with Crippen molar-refractivity contribution in [1.82, 2.24) is 9.80 Å². The van der Waals surface area contributed by atoms with Gasteiger partial charge < -0.3 is 4.90 Å². The molecule has 0 spiro atoms. The first-order valence-electron chi connectivity index (χ1n) is 9.10. The molecule has 1 aliphatic heterocycles. The zero-order valence-corrected chi connectivity index (χ0v) is 15.8. The van der Waals surface area contributed by atoms with E-state index in [2.05, 4.69) is 17.0 Å². The second kappa shape index (κ2) is 8.03. The van der Waals surface area contributed by atoms with E-state index in [1.54, 1.807) is 23.5 Å². The number of rotatable bonds is 4. The highest BCUT2D eigenvalue weighted by molar-refractivity contribution is 7.15. The maximum absolute atomic E-state index is 13.4. The number of thiophene rings is 1. The highest BCUT2D eigenvalue weighted by atomic mass is 32.1. The van der Waals surface area contributed by atoms with Gasteiger partial charge in [0, 0.05) is 48.0 Å². The number of halogens is 1. The second-order valence-corrected chi connectivity index (χ2v) is 7.88. The summed E-state index contributed by atoms with van der Waals surface area (Å²) in [7, 11) is 0. The Hall–Kier alpha value is -2.50. The first kappa shape index (κ1) is 17.9. The molecule has 0 radical (unpaired) electrons. The lowest BCUT2D eigenvalue weighted by Gasteiger charge is -2.34. The summed E-state index contributed by atoms with van der Waals surface area (Å²) in [6, 6.07) is 20.4. The van der Waals surface area contributed by atoms with Crippen LogP contribution in [0.15, 0.2) is 66.7 Å². The van der Waals surface area contributed by atoms with Crippen LogP contribution in [0.1, 0.15) is 15.2 Å². The average Bonchev–Trinajstić information content (AvgIpc) is 3.17. The minimum Gasteiger partial charge on any atom is -0.336 e. The average molecular weight is 380 g/mol. The molecule has 27 heavy (non-hydrogen) atoms. The van der Waals surface area contributed by atoms with E-state index in [0.717, 1.165) is 48.7 Å². The molecule has 1 aromatic heterocycles. The van der Waals surface area contributed by atoms with E-state index in [1.165, 1.54) is 10.9 Å². The highest BCUT2D eigenvalue weighted by Gasteiger charge is 2.22. The molecular formula is C22H21FN2OS. The summed E-state index contributed by atoms with van der Waals surface area (Å²) in [5, 5.41) is 0. The van der Waals surface area contributed by atoms with E-state index in [9.17, 15) is 9.18 Å².